The second-order valence-corrected chi connectivity index (χ2v) is 6.12. The van der Waals surface area contributed by atoms with Crippen LogP contribution in [-0.4, -0.2) is 31.7 Å². The van der Waals surface area contributed by atoms with Crippen LogP contribution in [0, 0.1) is 0 Å². The summed E-state index contributed by atoms with van der Waals surface area (Å²) in [6, 6.07) is 3.97. The molecule has 5 nitrogen and oxygen atoms in total. The lowest BCUT2D eigenvalue weighted by Crippen LogP contribution is -2.42. The highest BCUT2D eigenvalue weighted by Gasteiger charge is 2.23. The molecule has 0 radical (unpaired) electrons. The molecular formula is C17H24N2O3. The van der Waals surface area contributed by atoms with Gasteiger partial charge in [0.2, 0.25) is 5.91 Å². The summed E-state index contributed by atoms with van der Waals surface area (Å²) >= 11 is 0. The lowest BCUT2D eigenvalue weighted by Gasteiger charge is -2.17. The van der Waals surface area contributed by atoms with Gasteiger partial charge in [0.1, 0.15) is 17.6 Å². The lowest BCUT2D eigenvalue weighted by atomic mass is 10.1. The second kappa shape index (κ2) is 6.57. The Balaban J connectivity index is 1.72. The number of carbonyl (C=O) groups is 1. The van der Waals surface area contributed by atoms with E-state index in [1.165, 1.54) is 5.56 Å². The summed E-state index contributed by atoms with van der Waals surface area (Å²) in [5.41, 5.74) is 2.23. The monoisotopic (exact) mass is 304 g/mol. The Labute approximate surface area is 131 Å². The van der Waals surface area contributed by atoms with Gasteiger partial charge < -0.3 is 20.1 Å². The predicted octanol–water partition coefficient (Wildman–Crippen LogP) is 1.78. The zero-order valence-corrected chi connectivity index (χ0v) is 13.3. The van der Waals surface area contributed by atoms with E-state index in [9.17, 15) is 4.79 Å². The highest BCUT2D eigenvalue weighted by atomic mass is 16.5. The molecule has 2 N–H and O–H groups in total. The van der Waals surface area contributed by atoms with Crippen molar-refractivity contribution in [2.24, 2.45) is 0 Å². The summed E-state index contributed by atoms with van der Waals surface area (Å²) in [6.45, 7) is 3.46. The molecule has 0 bridgehead atoms. The Kier molecular flexibility index (Phi) is 4.52. The van der Waals surface area contributed by atoms with E-state index >= 15 is 0 Å². The van der Waals surface area contributed by atoms with E-state index in [4.69, 9.17) is 9.47 Å². The quantitative estimate of drug-likeness (QED) is 0.890. The number of benzene rings is 1. The number of nitrogens with one attached hydrogen (secondary N) is 2. The number of fused-ring (bicyclic) bond motifs is 1. The second-order valence-electron chi connectivity index (χ2n) is 6.12. The van der Waals surface area contributed by atoms with Crippen molar-refractivity contribution in [2.75, 3.05) is 13.7 Å². The summed E-state index contributed by atoms with van der Waals surface area (Å²) in [5.74, 6) is 1.90. The molecule has 2 atom stereocenters. The fourth-order valence-corrected chi connectivity index (χ4v) is 3.18. The Hall–Kier alpha value is -1.75. The Morgan fingerprint density at radius 3 is 3.09 bits per heavy atom. The van der Waals surface area contributed by atoms with Crippen molar-refractivity contribution in [3.05, 3.63) is 23.3 Å². The van der Waals surface area contributed by atoms with E-state index in [0.717, 1.165) is 49.3 Å². The molecule has 1 fully saturated rings. The van der Waals surface area contributed by atoms with Crippen LogP contribution in [0.3, 0.4) is 0 Å². The van der Waals surface area contributed by atoms with Crippen LogP contribution in [0.1, 0.15) is 37.3 Å². The highest BCUT2D eigenvalue weighted by Crippen LogP contribution is 2.35. The van der Waals surface area contributed by atoms with Gasteiger partial charge in [-0.25, -0.2) is 0 Å². The first-order chi connectivity index (χ1) is 10.7. The maximum atomic E-state index is 12.0. The molecule has 1 aromatic rings. The molecule has 3 rings (SSSR count). The summed E-state index contributed by atoms with van der Waals surface area (Å²) in [7, 11) is 1.68. The third kappa shape index (κ3) is 3.19. The van der Waals surface area contributed by atoms with Crippen molar-refractivity contribution in [3.8, 4) is 11.5 Å². The number of methoxy groups -OCH3 is 1. The molecule has 0 aliphatic carbocycles. The lowest BCUT2D eigenvalue weighted by molar-refractivity contribution is -0.122. The van der Waals surface area contributed by atoms with Crippen LogP contribution < -0.4 is 20.1 Å². The molecule has 1 aromatic carbocycles. The molecule has 0 spiro atoms. The first kappa shape index (κ1) is 15.2. The molecule has 120 valence electrons. The van der Waals surface area contributed by atoms with E-state index in [1.54, 1.807) is 7.11 Å². The topological polar surface area (TPSA) is 59.6 Å². The van der Waals surface area contributed by atoms with Gasteiger partial charge in [0.05, 0.1) is 13.2 Å². The number of hydrogen-bond acceptors (Lipinski definition) is 4. The average molecular weight is 304 g/mol. The Morgan fingerprint density at radius 2 is 2.27 bits per heavy atom. The minimum absolute atomic E-state index is 0.0995. The molecule has 2 heterocycles. The van der Waals surface area contributed by atoms with Gasteiger partial charge in [-0.05, 0) is 38.3 Å². The van der Waals surface area contributed by atoms with Gasteiger partial charge in [-0.2, -0.15) is 0 Å². The van der Waals surface area contributed by atoms with Crippen molar-refractivity contribution in [1.29, 1.82) is 0 Å². The van der Waals surface area contributed by atoms with Crippen molar-refractivity contribution in [2.45, 2.75) is 51.3 Å². The molecule has 2 aliphatic rings. The summed E-state index contributed by atoms with van der Waals surface area (Å²) in [6.07, 6.45) is 4.14. The number of hydrogen-bond donors (Lipinski definition) is 2. The van der Waals surface area contributed by atoms with Crippen molar-refractivity contribution >= 4 is 5.91 Å². The Morgan fingerprint density at radius 1 is 1.41 bits per heavy atom. The molecular weight excluding hydrogens is 280 g/mol. The summed E-state index contributed by atoms with van der Waals surface area (Å²) < 4.78 is 11.3. The number of ether oxygens (including phenoxy) is 2. The number of amides is 1. The standard InChI is InChI=1S/C17H24N2O3/c1-11-7-12-8-15(21-2)13(9-16(12)22-11)10-19-14-5-3-4-6-18-17(14)20/h8-9,11,14,19H,3-7,10H2,1-2H3,(H,18,20)/t11-,14+/m1/s1. The van der Waals surface area contributed by atoms with Crippen molar-refractivity contribution < 1.29 is 14.3 Å². The van der Waals surface area contributed by atoms with Gasteiger partial charge in [-0.15, -0.1) is 0 Å². The zero-order valence-electron chi connectivity index (χ0n) is 13.3. The Bertz CT molecular complexity index is 559. The van der Waals surface area contributed by atoms with Gasteiger partial charge in [0, 0.05) is 30.6 Å². The molecule has 2 aliphatic heterocycles. The molecule has 1 saturated heterocycles. The smallest absolute Gasteiger partial charge is 0.237 e. The summed E-state index contributed by atoms with van der Waals surface area (Å²) in [4.78, 5) is 12.0. The molecule has 1 amide bonds. The third-order valence-corrected chi connectivity index (χ3v) is 4.37. The predicted molar refractivity (Wildman–Crippen MR) is 84.3 cm³/mol. The highest BCUT2D eigenvalue weighted by molar-refractivity contribution is 5.81. The van der Waals surface area contributed by atoms with Gasteiger partial charge >= 0.3 is 0 Å². The molecule has 5 heteroatoms. The van der Waals surface area contributed by atoms with Crippen LogP contribution in [0.2, 0.25) is 0 Å². The van der Waals surface area contributed by atoms with Crippen molar-refractivity contribution in [1.82, 2.24) is 10.6 Å². The maximum Gasteiger partial charge on any atom is 0.237 e. The minimum atomic E-state index is -0.125. The third-order valence-electron chi connectivity index (χ3n) is 4.37. The summed E-state index contributed by atoms with van der Waals surface area (Å²) in [5, 5.41) is 6.31. The largest absolute Gasteiger partial charge is 0.496 e. The van der Waals surface area contributed by atoms with Crippen LogP contribution in [0.4, 0.5) is 0 Å². The van der Waals surface area contributed by atoms with E-state index < -0.39 is 0 Å². The fourth-order valence-electron chi connectivity index (χ4n) is 3.18. The van der Waals surface area contributed by atoms with Gasteiger partial charge in [0.25, 0.3) is 0 Å². The van der Waals surface area contributed by atoms with E-state index in [-0.39, 0.29) is 18.1 Å². The van der Waals surface area contributed by atoms with E-state index in [2.05, 4.69) is 23.6 Å². The van der Waals surface area contributed by atoms with Gasteiger partial charge in [0.15, 0.2) is 0 Å². The molecule has 22 heavy (non-hydrogen) atoms. The van der Waals surface area contributed by atoms with Crippen molar-refractivity contribution in [3.63, 3.8) is 0 Å². The van der Waals surface area contributed by atoms with E-state index in [1.807, 2.05) is 6.07 Å². The average Bonchev–Trinajstić information content (AvgIpc) is 2.74. The van der Waals surface area contributed by atoms with Gasteiger partial charge in [-0.3, -0.25) is 4.79 Å². The zero-order chi connectivity index (χ0) is 15.5. The number of rotatable bonds is 4. The SMILES string of the molecule is COc1cc2c(cc1CN[C@H]1CCCCNC1=O)O[C@H](C)C2. The first-order valence-electron chi connectivity index (χ1n) is 8.05. The van der Waals surface area contributed by atoms with Crippen LogP contribution >= 0.6 is 0 Å². The molecule has 0 saturated carbocycles. The first-order valence-corrected chi connectivity index (χ1v) is 8.05. The molecule has 0 aromatic heterocycles. The van der Waals surface area contributed by atoms with Crippen LogP contribution in [-0.2, 0) is 17.8 Å². The van der Waals surface area contributed by atoms with E-state index in [0.29, 0.717) is 6.54 Å². The van der Waals surface area contributed by atoms with Crippen LogP contribution in [0.25, 0.3) is 0 Å². The van der Waals surface area contributed by atoms with Crippen LogP contribution in [0.5, 0.6) is 11.5 Å². The normalized spacial score (nSPS) is 24.2. The fraction of sp³-hybridized carbons (Fsp3) is 0.588. The maximum absolute atomic E-state index is 12.0. The minimum Gasteiger partial charge on any atom is -0.496 e. The van der Waals surface area contributed by atoms with Crippen LogP contribution in [0.15, 0.2) is 12.1 Å². The molecule has 0 unspecified atom stereocenters. The number of carbonyl (C=O) groups excluding carboxylic acids is 1. The van der Waals surface area contributed by atoms with Gasteiger partial charge in [-0.1, -0.05) is 0 Å².